The largest absolute Gasteiger partial charge is 0.462 e. The number of allylic oxidation sites excluding steroid dienone is 4. The van der Waals surface area contributed by atoms with E-state index in [1.165, 1.54) is 20.8 Å². The van der Waals surface area contributed by atoms with Crippen molar-refractivity contribution in [3.63, 3.8) is 0 Å². The van der Waals surface area contributed by atoms with Crippen LogP contribution in [0.3, 0.4) is 0 Å². The monoisotopic (exact) mass is 486 g/mol. The maximum atomic E-state index is 13.6. The molecule has 0 bridgehead atoms. The van der Waals surface area contributed by atoms with Crippen LogP contribution < -0.4 is 0 Å². The lowest BCUT2D eigenvalue weighted by Crippen LogP contribution is -2.63. The van der Waals surface area contributed by atoms with Crippen molar-refractivity contribution >= 4 is 29.5 Å². The van der Waals surface area contributed by atoms with E-state index in [0.29, 0.717) is 19.3 Å². The number of carbonyl (C=O) groups is 5. The molecule has 3 saturated carbocycles. The number of fused-ring (bicyclic) bond motifs is 5. The van der Waals surface area contributed by atoms with E-state index in [1.54, 1.807) is 12.2 Å². The Bertz CT molecular complexity index is 1040. The van der Waals surface area contributed by atoms with Gasteiger partial charge in [0.2, 0.25) is 5.78 Å². The summed E-state index contributed by atoms with van der Waals surface area (Å²) in [6, 6.07) is 0. The Hall–Kier alpha value is -2.77. The van der Waals surface area contributed by atoms with Crippen molar-refractivity contribution in [1.82, 2.24) is 0 Å². The summed E-state index contributed by atoms with van der Waals surface area (Å²) in [6.45, 7) is 7.42. The van der Waals surface area contributed by atoms with Crippen molar-refractivity contribution in [2.24, 2.45) is 28.6 Å². The zero-order valence-corrected chi connectivity index (χ0v) is 21.1. The van der Waals surface area contributed by atoms with E-state index in [4.69, 9.17) is 14.2 Å². The maximum Gasteiger partial charge on any atom is 0.303 e. The third kappa shape index (κ3) is 3.95. The highest BCUT2D eigenvalue weighted by Gasteiger charge is 2.71. The molecule has 7 atom stereocenters. The molecule has 4 rings (SSSR count). The summed E-state index contributed by atoms with van der Waals surface area (Å²) in [4.78, 5) is 61.6. The molecule has 0 amide bonds. The van der Waals surface area contributed by atoms with Crippen LogP contribution >= 0.6 is 0 Å². The molecule has 0 spiro atoms. The van der Waals surface area contributed by atoms with Crippen molar-refractivity contribution in [3.05, 3.63) is 23.8 Å². The first-order valence-electron chi connectivity index (χ1n) is 12.3. The van der Waals surface area contributed by atoms with E-state index < -0.39 is 52.8 Å². The Balaban J connectivity index is 1.80. The van der Waals surface area contributed by atoms with Crippen LogP contribution in [0.15, 0.2) is 23.8 Å². The molecule has 0 heterocycles. The number of ketones is 2. The molecule has 0 aromatic carbocycles. The minimum Gasteiger partial charge on any atom is -0.462 e. The first kappa shape index (κ1) is 25.3. The molecule has 0 aromatic heterocycles. The normalized spacial score (nSPS) is 39.5. The van der Waals surface area contributed by atoms with Gasteiger partial charge in [0.15, 0.2) is 18.0 Å². The summed E-state index contributed by atoms with van der Waals surface area (Å²) in [7, 11) is 0. The fourth-order valence-electron chi connectivity index (χ4n) is 7.81. The molecule has 8 nitrogen and oxygen atoms in total. The van der Waals surface area contributed by atoms with Crippen molar-refractivity contribution < 1.29 is 38.2 Å². The number of esters is 3. The molecule has 35 heavy (non-hydrogen) atoms. The van der Waals surface area contributed by atoms with Crippen molar-refractivity contribution in [2.75, 3.05) is 6.61 Å². The zero-order chi connectivity index (χ0) is 25.8. The standard InChI is InChI=1S/C27H34O8/c1-15(28)33-14-23(32)27(35-17(3)30)11-9-21-20-7-6-18-12-19(31)8-10-25(18,4)24(20)22(34-16(2)29)13-26(21,27)5/h8,10,12,20-22,24H,6-7,9,11,13-14H2,1-5H3/t20-,21+,22-,24-,25-,26-,27-/m0/s1. The fraction of sp³-hybridized carbons (Fsp3) is 0.667. The van der Waals surface area contributed by atoms with Gasteiger partial charge in [-0.2, -0.15) is 0 Å². The Morgan fingerprint density at radius 1 is 1.03 bits per heavy atom. The van der Waals surface area contributed by atoms with Gasteiger partial charge in [-0.25, -0.2) is 0 Å². The predicted molar refractivity (Wildman–Crippen MR) is 124 cm³/mol. The Kier molecular flexibility index (Phi) is 6.31. The molecule has 0 aliphatic heterocycles. The third-order valence-electron chi connectivity index (χ3n) is 9.09. The first-order chi connectivity index (χ1) is 16.3. The summed E-state index contributed by atoms with van der Waals surface area (Å²) in [5, 5.41) is 0. The second-order valence-corrected chi connectivity index (χ2v) is 11.0. The van der Waals surface area contributed by atoms with Gasteiger partial charge in [-0.1, -0.05) is 25.5 Å². The Morgan fingerprint density at radius 3 is 2.37 bits per heavy atom. The van der Waals surface area contributed by atoms with Crippen molar-refractivity contribution in [2.45, 2.75) is 78.4 Å². The molecule has 4 aliphatic rings. The zero-order valence-electron chi connectivity index (χ0n) is 21.1. The van der Waals surface area contributed by atoms with E-state index in [9.17, 15) is 24.0 Å². The molecule has 190 valence electrons. The second kappa shape index (κ2) is 8.71. The van der Waals surface area contributed by atoms with Gasteiger partial charge in [0.1, 0.15) is 6.10 Å². The summed E-state index contributed by atoms with van der Waals surface area (Å²) < 4.78 is 16.8. The van der Waals surface area contributed by atoms with Crippen LogP contribution in [-0.4, -0.2) is 47.8 Å². The molecular formula is C27H34O8. The summed E-state index contributed by atoms with van der Waals surface area (Å²) in [5.41, 5.74) is -1.70. The smallest absolute Gasteiger partial charge is 0.303 e. The van der Waals surface area contributed by atoms with Gasteiger partial charge in [0.05, 0.1) is 0 Å². The highest BCUT2D eigenvalue weighted by atomic mass is 16.6. The number of ether oxygens (including phenoxy) is 3. The quantitative estimate of drug-likeness (QED) is 0.430. The average molecular weight is 487 g/mol. The van der Waals surface area contributed by atoms with Gasteiger partial charge in [-0.3, -0.25) is 24.0 Å². The SMILES string of the molecule is CC(=O)OCC(=O)[C@@]1(OC(C)=O)CC[C@@H]2[C@@H]3CCC4=CC(=O)C=C[C@]4(C)[C@@H]3[C@@H](OC(C)=O)C[C@@]21C. The van der Waals surface area contributed by atoms with E-state index in [-0.39, 0.29) is 23.5 Å². The molecule has 4 aliphatic carbocycles. The molecule has 0 N–H and O–H groups in total. The van der Waals surface area contributed by atoms with Gasteiger partial charge >= 0.3 is 17.9 Å². The van der Waals surface area contributed by atoms with Gasteiger partial charge in [0.25, 0.3) is 0 Å². The predicted octanol–water partition coefficient (Wildman–Crippen LogP) is 3.27. The maximum absolute atomic E-state index is 13.6. The summed E-state index contributed by atoms with van der Waals surface area (Å²) >= 11 is 0. The second-order valence-electron chi connectivity index (χ2n) is 11.0. The van der Waals surface area contributed by atoms with Gasteiger partial charge in [0, 0.05) is 37.5 Å². The molecule has 0 saturated heterocycles. The van der Waals surface area contributed by atoms with Crippen molar-refractivity contribution in [1.29, 1.82) is 0 Å². The van der Waals surface area contributed by atoms with Crippen LogP contribution in [-0.2, 0) is 38.2 Å². The fourth-order valence-corrected chi connectivity index (χ4v) is 7.81. The molecule has 3 fully saturated rings. The third-order valence-corrected chi connectivity index (χ3v) is 9.09. The lowest BCUT2D eigenvalue weighted by Gasteiger charge is -2.60. The van der Waals surface area contributed by atoms with Gasteiger partial charge < -0.3 is 14.2 Å². The first-order valence-corrected chi connectivity index (χ1v) is 12.3. The van der Waals surface area contributed by atoms with E-state index >= 15 is 0 Å². The van der Waals surface area contributed by atoms with Gasteiger partial charge in [-0.15, -0.1) is 0 Å². The van der Waals surface area contributed by atoms with Gasteiger partial charge in [-0.05, 0) is 56.1 Å². The molecule has 0 unspecified atom stereocenters. The number of rotatable bonds is 5. The molecule has 0 aromatic rings. The van der Waals surface area contributed by atoms with Crippen LogP contribution in [0.4, 0.5) is 0 Å². The lowest BCUT2D eigenvalue weighted by atomic mass is 9.46. The number of carbonyl (C=O) groups excluding carboxylic acids is 5. The average Bonchev–Trinajstić information content (AvgIpc) is 3.04. The van der Waals surface area contributed by atoms with Crippen LogP contribution in [0.25, 0.3) is 0 Å². The summed E-state index contributed by atoms with van der Waals surface area (Å²) in [6.07, 6.45) is 7.50. The highest BCUT2D eigenvalue weighted by molar-refractivity contribution is 6.01. The topological polar surface area (TPSA) is 113 Å². The van der Waals surface area contributed by atoms with Crippen LogP contribution in [0.1, 0.15) is 66.7 Å². The van der Waals surface area contributed by atoms with E-state index in [1.807, 2.05) is 13.0 Å². The lowest BCUT2D eigenvalue weighted by molar-refractivity contribution is -0.205. The van der Waals surface area contributed by atoms with E-state index in [0.717, 1.165) is 18.4 Å². The highest BCUT2D eigenvalue weighted by Crippen LogP contribution is 2.68. The molecular weight excluding hydrogens is 452 g/mol. The number of Topliss-reactive ketones (excluding diaryl/α,β-unsaturated/α-hetero) is 1. The molecule has 8 heteroatoms. The minimum absolute atomic E-state index is 0.0179. The van der Waals surface area contributed by atoms with Crippen LogP contribution in [0.5, 0.6) is 0 Å². The number of hydrogen-bond donors (Lipinski definition) is 0. The van der Waals surface area contributed by atoms with Crippen LogP contribution in [0, 0.1) is 28.6 Å². The van der Waals surface area contributed by atoms with Crippen molar-refractivity contribution in [3.8, 4) is 0 Å². The number of hydrogen-bond acceptors (Lipinski definition) is 8. The Morgan fingerprint density at radius 2 is 1.74 bits per heavy atom. The van der Waals surface area contributed by atoms with E-state index in [2.05, 4.69) is 6.92 Å². The summed E-state index contributed by atoms with van der Waals surface area (Å²) in [5.74, 6) is -2.05. The molecule has 0 radical (unpaired) electrons. The minimum atomic E-state index is -1.47. The van der Waals surface area contributed by atoms with Crippen LogP contribution in [0.2, 0.25) is 0 Å². The Labute approximate surface area is 205 Å².